The molecule has 8 heteroatoms. The quantitative estimate of drug-likeness (QED) is 0.712. The van der Waals surface area contributed by atoms with Crippen LogP contribution in [-0.4, -0.2) is 23.5 Å². The van der Waals surface area contributed by atoms with Crippen molar-refractivity contribution in [2.24, 2.45) is 0 Å². The van der Waals surface area contributed by atoms with Crippen molar-refractivity contribution in [3.05, 3.63) is 59.2 Å². The fraction of sp³-hybridized carbons (Fsp3) is 0.118. The average molecular weight is 362 g/mol. The Morgan fingerprint density at radius 1 is 1.12 bits per heavy atom. The Balaban J connectivity index is 1.82. The van der Waals surface area contributed by atoms with Crippen LogP contribution >= 0.6 is 11.3 Å². The summed E-state index contributed by atoms with van der Waals surface area (Å²) < 4.78 is 31.8. The summed E-state index contributed by atoms with van der Waals surface area (Å²) in [6.45, 7) is 1.99. The van der Waals surface area contributed by atoms with Crippen LogP contribution < -0.4 is 5.32 Å². The van der Waals surface area contributed by atoms with Crippen molar-refractivity contribution < 1.29 is 23.1 Å². The van der Waals surface area contributed by atoms with Crippen LogP contribution in [0, 0.1) is 11.6 Å². The van der Waals surface area contributed by atoms with Gasteiger partial charge in [0.2, 0.25) is 0 Å². The molecule has 1 aromatic heterocycles. The number of anilines is 1. The molecule has 0 saturated heterocycles. The van der Waals surface area contributed by atoms with Crippen molar-refractivity contribution in [1.29, 1.82) is 0 Å². The summed E-state index contributed by atoms with van der Waals surface area (Å²) in [6, 6.07) is 7.73. The van der Waals surface area contributed by atoms with Gasteiger partial charge in [0.05, 0.1) is 22.4 Å². The molecule has 0 aliphatic heterocycles. The third-order valence-electron chi connectivity index (χ3n) is 3.30. The third kappa shape index (κ3) is 3.63. The van der Waals surface area contributed by atoms with Crippen molar-refractivity contribution in [3.63, 3.8) is 0 Å². The predicted molar refractivity (Wildman–Crippen MR) is 89.9 cm³/mol. The van der Waals surface area contributed by atoms with E-state index in [1.165, 1.54) is 6.07 Å². The number of rotatable bonds is 4. The number of esters is 1. The van der Waals surface area contributed by atoms with Gasteiger partial charge in [-0.15, -0.1) is 0 Å². The largest absolute Gasteiger partial charge is 0.462 e. The summed E-state index contributed by atoms with van der Waals surface area (Å²) in [6.07, 6.45) is 0. The standard InChI is InChI=1S/C17H12F2N2O3S/c1-2-24-16(23)10-4-6-13-14(8-10)25-17(20-13)21-15(22)9-3-5-11(18)12(19)7-9/h3-8H,2H2,1H3,(H,20,21,22). The summed E-state index contributed by atoms with van der Waals surface area (Å²) in [5.74, 6) is -3.17. The van der Waals surface area contributed by atoms with E-state index in [0.717, 1.165) is 23.5 Å². The molecular weight excluding hydrogens is 350 g/mol. The third-order valence-corrected chi connectivity index (χ3v) is 4.24. The molecule has 0 fully saturated rings. The maximum Gasteiger partial charge on any atom is 0.338 e. The molecule has 0 spiro atoms. The molecule has 3 aromatic rings. The second-order valence-corrected chi connectivity index (χ2v) is 6.04. The second-order valence-electron chi connectivity index (χ2n) is 5.01. The van der Waals surface area contributed by atoms with Gasteiger partial charge in [0, 0.05) is 5.56 Å². The SMILES string of the molecule is CCOC(=O)c1ccc2nc(NC(=O)c3ccc(F)c(F)c3)sc2c1. The Kier molecular flexibility index (Phi) is 4.71. The lowest BCUT2D eigenvalue weighted by atomic mass is 10.2. The summed E-state index contributed by atoms with van der Waals surface area (Å²) in [7, 11) is 0. The van der Waals surface area contributed by atoms with Crippen molar-refractivity contribution in [1.82, 2.24) is 4.98 Å². The van der Waals surface area contributed by atoms with E-state index in [0.29, 0.717) is 15.8 Å². The molecule has 0 aliphatic carbocycles. The first kappa shape index (κ1) is 17.0. The van der Waals surface area contributed by atoms with Crippen LogP contribution in [0.4, 0.5) is 13.9 Å². The molecule has 1 heterocycles. The van der Waals surface area contributed by atoms with Crippen molar-refractivity contribution in [2.45, 2.75) is 6.92 Å². The lowest BCUT2D eigenvalue weighted by Gasteiger charge is -2.01. The number of nitrogens with zero attached hydrogens (tertiary/aromatic N) is 1. The summed E-state index contributed by atoms with van der Waals surface area (Å²) in [4.78, 5) is 28.1. The van der Waals surface area contributed by atoms with E-state index in [1.807, 2.05) is 0 Å². The zero-order chi connectivity index (χ0) is 18.0. The fourth-order valence-corrected chi connectivity index (χ4v) is 3.03. The zero-order valence-corrected chi connectivity index (χ0v) is 13.8. The molecule has 1 N–H and O–H groups in total. The lowest BCUT2D eigenvalue weighted by Crippen LogP contribution is -2.12. The second kappa shape index (κ2) is 6.94. The number of hydrogen-bond donors (Lipinski definition) is 1. The molecule has 25 heavy (non-hydrogen) atoms. The van der Waals surface area contributed by atoms with Gasteiger partial charge in [0.25, 0.3) is 5.91 Å². The molecule has 0 bridgehead atoms. The first-order valence-corrected chi connectivity index (χ1v) is 8.13. The summed E-state index contributed by atoms with van der Waals surface area (Å²) >= 11 is 1.16. The Morgan fingerprint density at radius 2 is 1.88 bits per heavy atom. The minimum atomic E-state index is -1.10. The number of nitrogens with one attached hydrogen (secondary N) is 1. The van der Waals surface area contributed by atoms with Gasteiger partial charge in [-0.25, -0.2) is 18.6 Å². The molecule has 0 radical (unpaired) electrons. The van der Waals surface area contributed by atoms with Crippen LogP contribution in [0.25, 0.3) is 10.2 Å². The van der Waals surface area contributed by atoms with Gasteiger partial charge in [-0.3, -0.25) is 10.1 Å². The molecule has 5 nitrogen and oxygen atoms in total. The number of amides is 1. The van der Waals surface area contributed by atoms with Gasteiger partial charge in [0.1, 0.15) is 0 Å². The molecular formula is C17H12F2N2O3S. The minimum Gasteiger partial charge on any atom is -0.462 e. The average Bonchev–Trinajstić information content (AvgIpc) is 2.98. The topological polar surface area (TPSA) is 68.3 Å². The minimum absolute atomic E-state index is 0.0228. The smallest absolute Gasteiger partial charge is 0.338 e. The molecule has 3 rings (SSSR count). The molecule has 128 valence electrons. The monoisotopic (exact) mass is 362 g/mol. The Labute approximate surface area is 145 Å². The fourth-order valence-electron chi connectivity index (χ4n) is 2.13. The van der Waals surface area contributed by atoms with E-state index in [1.54, 1.807) is 25.1 Å². The number of benzene rings is 2. The number of ether oxygens (including phenoxy) is 1. The van der Waals surface area contributed by atoms with Gasteiger partial charge in [0.15, 0.2) is 16.8 Å². The first-order valence-electron chi connectivity index (χ1n) is 7.32. The number of fused-ring (bicyclic) bond motifs is 1. The zero-order valence-electron chi connectivity index (χ0n) is 13.0. The van der Waals surface area contributed by atoms with Crippen LogP contribution in [0.2, 0.25) is 0 Å². The predicted octanol–water partition coefficient (Wildman–Crippen LogP) is 4.00. The number of thiazole rings is 1. The molecule has 2 aromatic carbocycles. The Morgan fingerprint density at radius 3 is 2.60 bits per heavy atom. The highest BCUT2D eigenvalue weighted by Gasteiger charge is 2.14. The number of hydrogen-bond acceptors (Lipinski definition) is 5. The van der Waals surface area contributed by atoms with Crippen molar-refractivity contribution in [2.75, 3.05) is 11.9 Å². The maximum absolute atomic E-state index is 13.2. The van der Waals surface area contributed by atoms with Gasteiger partial charge in [-0.2, -0.15) is 0 Å². The maximum atomic E-state index is 13.2. The number of halogens is 2. The van der Waals surface area contributed by atoms with Crippen LogP contribution in [0.5, 0.6) is 0 Å². The van der Waals surface area contributed by atoms with Crippen molar-refractivity contribution >= 4 is 38.6 Å². The molecule has 1 amide bonds. The van der Waals surface area contributed by atoms with E-state index < -0.39 is 23.5 Å². The first-order chi connectivity index (χ1) is 12.0. The highest BCUT2D eigenvalue weighted by atomic mass is 32.1. The van der Waals surface area contributed by atoms with E-state index >= 15 is 0 Å². The molecule has 0 unspecified atom stereocenters. The van der Waals surface area contributed by atoms with E-state index in [-0.39, 0.29) is 17.3 Å². The molecule has 0 saturated carbocycles. The highest BCUT2D eigenvalue weighted by Crippen LogP contribution is 2.27. The van der Waals surface area contributed by atoms with Gasteiger partial charge in [-0.1, -0.05) is 11.3 Å². The Bertz CT molecular complexity index is 972. The molecule has 0 aliphatic rings. The number of carbonyl (C=O) groups excluding carboxylic acids is 2. The molecule has 0 atom stereocenters. The number of carbonyl (C=O) groups is 2. The normalized spacial score (nSPS) is 10.7. The van der Waals surface area contributed by atoms with E-state index in [9.17, 15) is 18.4 Å². The lowest BCUT2D eigenvalue weighted by molar-refractivity contribution is 0.0526. The van der Waals surface area contributed by atoms with Crippen LogP contribution in [-0.2, 0) is 4.74 Å². The van der Waals surface area contributed by atoms with Crippen LogP contribution in [0.1, 0.15) is 27.6 Å². The Hall–Kier alpha value is -2.87. The van der Waals surface area contributed by atoms with Gasteiger partial charge in [-0.05, 0) is 43.3 Å². The van der Waals surface area contributed by atoms with Gasteiger partial charge < -0.3 is 4.74 Å². The number of aromatic nitrogens is 1. The van der Waals surface area contributed by atoms with Gasteiger partial charge >= 0.3 is 5.97 Å². The highest BCUT2D eigenvalue weighted by molar-refractivity contribution is 7.22. The summed E-state index contributed by atoms with van der Waals surface area (Å²) in [5, 5.41) is 2.81. The van der Waals surface area contributed by atoms with E-state index in [4.69, 9.17) is 4.74 Å². The van der Waals surface area contributed by atoms with Crippen LogP contribution in [0.3, 0.4) is 0 Å². The van der Waals surface area contributed by atoms with E-state index in [2.05, 4.69) is 10.3 Å². The summed E-state index contributed by atoms with van der Waals surface area (Å²) in [5.41, 5.74) is 0.959. The van der Waals surface area contributed by atoms with Crippen molar-refractivity contribution in [3.8, 4) is 0 Å². The van der Waals surface area contributed by atoms with Crippen LogP contribution in [0.15, 0.2) is 36.4 Å².